The molecule has 0 bridgehead atoms. The maximum Gasteiger partial charge on any atom is 0.335 e. The SMILES string of the molecule is C=CC(=O)NC(=O)C=C.O=C(O)C(O)C(O)C(=O)O. The van der Waals surface area contributed by atoms with E-state index >= 15 is 0 Å². The Morgan fingerprint density at radius 2 is 1.11 bits per heavy atom. The molecule has 0 aromatic rings. The van der Waals surface area contributed by atoms with Crippen molar-refractivity contribution in [1.82, 2.24) is 5.32 Å². The molecule has 2 unspecified atom stereocenters. The Bertz CT molecular complexity index is 353. The van der Waals surface area contributed by atoms with E-state index in [9.17, 15) is 19.2 Å². The largest absolute Gasteiger partial charge is 0.479 e. The van der Waals surface area contributed by atoms with Gasteiger partial charge in [-0.1, -0.05) is 13.2 Å². The van der Waals surface area contributed by atoms with Crippen LogP contribution in [0.2, 0.25) is 0 Å². The number of imide groups is 1. The second-order valence-electron chi connectivity index (χ2n) is 2.83. The molecule has 0 fully saturated rings. The third-order valence-electron chi connectivity index (χ3n) is 1.42. The van der Waals surface area contributed by atoms with E-state index in [0.29, 0.717) is 0 Å². The molecule has 0 saturated heterocycles. The summed E-state index contributed by atoms with van der Waals surface area (Å²) in [7, 11) is 0. The highest BCUT2D eigenvalue weighted by molar-refractivity contribution is 6.04. The molecule has 2 atom stereocenters. The van der Waals surface area contributed by atoms with Gasteiger partial charge in [-0.3, -0.25) is 14.9 Å². The van der Waals surface area contributed by atoms with Crippen LogP contribution >= 0.6 is 0 Å². The number of nitrogens with one attached hydrogen (secondary N) is 1. The molecule has 19 heavy (non-hydrogen) atoms. The van der Waals surface area contributed by atoms with Crippen molar-refractivity contribution >= 4 is 23.8 Å². The van der Waals surface area contributed by atoms with Crippen molar-refractivity contribution in [2.45, 2.75) is 12.2 Å². The number of aliphatic hydroxyl groups is 2. The van der Waals surface area contributed by atoms with Gasteiger partial charge in [0.2, 0.25) is 11.8 Å². The van der Waals surface area contributed by atoms with E-state index in [2.05, 4.69) is 13.2 Å². The first-order valence-corrected chi connectivity index (χ1v) is 4.58. The van der Waals surface area contributed by atoms with Gasteiger partial charge >= 0.3 is 11.9 Å². The normalized spacial score (nSPS) is 11.9. The van der Waals surface area contributed by atoms with Crippen molar-refractivity contribution in [3.8, 4) is 0 Å². The highest BCUT2D eigenvalue weighted by Gasteiger charge is 2.29. The summed E-state index contributed by atoms with van der Waals surface area (Å²) >= 11 is 0. The Balaban J connectivity index is 0. The molecule has 0 rings (SSSR count). The van der Waals surface area contributed by atoms with Gasteiger partial charge in [0, 0.05) is 0 Å². The minimum atomic E-state index is -2.27. The molecule has 106 valence electrons. The van der Waals surface area contributed by atoms with Gasteiger partial charge in [0.05, 0.1) is 0 Å². The molecular weight excluding hydrogens is 262 g/mol. The van der Waals surface area contributed by atoms with Crippen LogP contribution in [0.15, 0.2) is 25.3 Å². The van der Waals surface area contributed by atoms with E-state index in [-0.39, 0.29) is 0 Å². The van der Waals surface area contributed by atoms with Crippen molar-refractivity contribution in [2.24, 2.45) is 0 Å². The summed E-state index contributed by atoms with van der Waals surface area (Å²) in [6, 6.07) is 0. The maximum absolute atomic E-state index is 10.3. The molecule has 0 heterocycles. The van der Waals surface area contributed by atoms with Crippen LogP contribution in [0.25, 0.3) is 0 Å². The molecule has 9 nitrogen and oxygen atoms in total. The molecule has 2 amide bonds. The first-order valence-electron chi connectivity index (χ1n) is 4.58. The summed E-state index contributed by atoms with van der Waals surface area (Å²) in [6.07, 6.45) is -2.50. The second-order valence-corrected chi connectivity index (χ2v) is 2.83. The molecule has 9 heteroatoms. The highest BCUT2D eigenvalue weighted by Crippen LogP contribution is 1.92. The fourth-order valence-corrected chi connectivity index (χ4v) is 0.494. The number of carboxylic acid groups (broad SMARTS) is 2. The van der Waals surface area contributed by atoms with Gasteiger partial charge in [-0.05, 0) is 12.2 Å². The maximum atomic E-state index is 10.3. The topological polar surface area (TPSA) is 161 Å². The van der Waals surface area contributed by atoms with E-state index in [1.54, 1.807) is 0 Å². The first-order chi connectivity index (χ1) is 8.67. The summed E-state index contributed by atoms with van der Waals surface area (Å²) in [5.41, 5.74) is 0. The van der Waals surface area contributed by atoms with E-state index < -0.39 is 36.0 Å². The van der Waals surface area contributed by atoms with Crippen LogP contribution in [0.1, 0.15) is 0 Å². The Hall–Kier alpha value is -2.52. The van der Waals surface area contributed by atoms with Crippen LogP contribution in [0.3, 0.4) is 0 Å². The predicted molar refractivity (Wildman–Crippen MR) is 60.8 cm³/mol. The molecule has 0 aliphatic rings. The lowest BCUT2D eigenvalue weighted by molar-refractivity contribution is -0.165. The van der Waals surface area contributed by atoms with Crippen LogP contribution in [0, 0.1) is 0 Å². The van der Waals surface area contributed by atoms with E-state index in [0.717, 1.165) is 12.2 Å². The van der Waals surface area contributed by atoms with Crippen LogP contribution in [0.5, 0.6) is 0 Å². The molecule has 0 aromatic heterocycles. The van der Waals surface area contributed by atoms with Gasteiger partial charge in [-0.25, -0.2) is 9.59 Å². The number of hydrogen-bond acceptors (Lipinski definition) is 6. The molecule has 5 N–H and O–H groups in total. The number of aliphatic hydroxyl groups excluding tert-OH is 2. The van der Waals surface area contributed by atoms with Crippen molar-refractivity contribution in [2.75, 3.05) is 0 Å². The lowest BCUT2D eigenvalue weighted by Crippen LogP contribution is -2.39. The lowest BCUT2D eigenvalue weighted by atomic mass is 10.2. The predicted octanol–water partition coefficient (Wildman–Crippen LogP) is -2.12. The summed E-state index contributed by atoms with van der Waals surface area (Å²) in [6.45, 7) is 6.30. The summed E-state index contributed by atoms with van der Waals surface area (Å²) in [5, 5.41) is 34.5. The van der Waals surface area contributed by atoms with E-state index in [1.165, 1.54) is 0 Å². The Labute approximate surface area is 107 Å². The zero-order chi connectivity index (χ0) is 15.6. The number of carbonyl (C=O) groups is 4. The highest BCUT2D eigenvalue weighted by atomic mass is 16.4. The fourth-order valence-electron chi connectivity index (χ4n) is 0.494. The van der Waals surface area contributed by atoms with Crippen LogP contribution in [-0.2, 0) is 19.2 Å². The Kier molecular flexibility index (Phi) is 9.42. The molecule has 0 spiro atoms. The van der Waals surface area contributed by atoms with Crippen molar-refractivity contribution < 1.29 is 39.6 Å². The molecular formula is C10H13NO8. The molecule has 0 aromatic carbocycles. The number of amides is 2. The van der Waals surface area contributed by atoms with Gasteiger partial charge in [-0.15, -0.1) is 0 Å². The molecule has 0 saturated carbocycles. The zero-order valence-corrected chi connectivity index (χ0v) is 9.65. The van der Waals surface area contributed by atoms with Gasteiger partial charge in [0.15, 0.2) is 12.2 Å². The van der Waals surface area contributed by atoms with Crippen LogP contribution < -0.4 is 5.32 Å². The Morgan fingerprint density at radius 1 is 0.842 bits per heavy atom. The number of carboxylic acids is 2. The minimum Gasteiger partial charge on any atom is -0.479 e. The third kappa shape index (κ3) is 9.21. The van der Waals surface area contributed by atoms with Crippen LogP contribution in [-0.4, -0.2) is 56.4 Å². The van der Waals surface area contributed by atoms with Crippen molar-refractivity contribution in [3.05, 3.63) is 25.3 Å². The average Bonchev–Trinajstić information content (AvgIpc) is 2.36. The third-order valence-corrected chi connectivity index (χ3v) is 1.42. The lowest BCUT2D eigenvalue weighted by Gasteiger charge is -2.07. The monoisotopic (exact) mass is 275 g/mol. The quantitative estimate of drug-likeness (QED) is 0.356. The molecule has 0 aliphatic heterocycles. The molecule has 0 aliphatic carbocycles. The van der Waals surface area contributed by atoms with Crippen molar-refractivity contribution in [3.63, 3.8) is 0 Å². The van der Waals surface area contributed by atoms with E-state index in [1.807, 2.05) is 5.32 Å². The van der Waals surface area contributed by atoms with Crippen LogP contribution in [0.4, 0.5) is 0 Å². The smallest absolute Gasteiger partial charge is 0.335 e. The molecule has 0 radical (unpaired) electrons. The Morgan fingerprint density at radius 3 is 1.26 bits per heavy atom. The number of hydrogen-bond donors (Lipinski definition) is 5. The van der Waals surface area contributed by atoms with E-state index in [4.69, 9.17) is 20.4 Å². The van der Waals surface area contributed by atoms with Gasteiger partial charge in [0.25, 0.3) is 0 Å². The minimum absolute atomic E-state index is 0.514. The van der Waals surface area contributed by atoms with Gasteiger partial charge in [-0.2, -0.15) is 0 Å². The van der Waals surface area contributed by atoms with Gasteiger partial charge < -0.3 is 20.4 Å². The zero-order valence-electron chi connectivity index (χ0n) is 9.65. The standard InChI is InChI=1S/C6H7NO2.C4H6O6/c1-3-5(8)7-6(9)4-2;5-1(3(7)8)2(6)4(9)10/h3-4H,1-2H2,(H,7,8,9);1-2,5-6H,(H,7,8)(H,9,10). The fraction of sp³-hybridized carbons (Fsp3) is 0.200. The summed E-state index contributed by atoms with van der Waals surface area (Å²) in [5.74, 6) is -4.57. The second kappa shape index (κ2) is 9.50. The summed E-state index contributed by atoms with van der Waals surface area (Å²) in [4.78, 5) is 40.1. The van der Waals surface area contributed by atoms with Gasteiger partial charge in [0.1, 0.15) is 0 Å². The number of aliphatic carboxylic acids is 2. The summed E-state index contributed by atoms with van der Waals surface area (Å²) < 4.78 is 0. The first kappa shape index (κ1) is 18.8. The number of carbonyl (C=O) groups excluding carboxylic acids is 2. The average molecular weight is 275 g/mol. The van der Waals surface area contributed by atoms with Crippen molar-refractivity contribution in [1.29, 1.82) is 0 Å². The number of rotatable bonds is 5.